The smallest absolute Gasteiger partial charge is 0.0791 e. The van der Waals surface area contributed by atoms with Crippen LogP contribution in [-0.4, -0.2) is 18.8 Å². The van der Waals surface area contributed by atoms with Gasteiger partial charge in [0.15, 0.2) is 0 Å². The number of rotatable bonds is 5. The summed E-state index contributed by atoms with van der Waals surface area (Å²) in [6.07, 6.45) is 0.890. The summed E-state index contributed by atoms with van der Waals surface area (Å²) in [6.45, 7) is 4.06. The predicted octanol–water partition coefficient (Wildman–Crippen LogP) is 1.55. The normalized spacial score (nSPS) is 14.3. The Morgan fingerprint density at radius 3 is 2.79 bits per heavy atom. The summed E-state index contributed by atoms with van der Waals surface area (Å²) in [4.78, 5) is 0. The Hall–Kier alpha value is -0.420. The van der Waals surface area contributed by atoms with E-state index in [-0.39, 0.29) is 11.6 Å². The zero-order chi connectivity index (χ0) is 10.6. The number of hydrogen-bond donors (Lipinski definition) is 2. The van der Waals surface area contributed by atoms with Crippen LogP contribution in [0.3, 0.4) is 0 Å². The van der Waals surface area contributed by atoms with Crippen LogP contribution in [0.25, 0.3) is 0 Å². The Morgan fingerprint density at radius 1 is 1.64 bits per heavy atom. The van der Waals surface area contributed by atoms with Crippen molar-refractivity contribution in [2.75, 3.05) is 7.11 Å². The highest BCUT2D eigenvalue weighted by Gasteiger charge is 2.28. The van der Waals surface area contributed by atoms with Crippen molar-refractivity contribution in [1.82, 2.24) is 5.43 Å². The molecule has 0 aliphatic heterocycles. The molecule has 14 heavy (non-hydrogen) atoms. The lowest BCUT2D eigenvalue weighted by Crippen LogP contribution is -2.52. The van der Waals surface area contributed by atoms with E-state index in [1.807, 2.05) is 13.8 Å². The van der Waals surface area contributed by atoms with Gasteiger partial charge in [0.25, 0.3) is 0 Å². The summed E-state index contributed by atoms with van der Waals surface area (Å²) in [6, 6.07) is 2.24. The van der Waals surface area contributed by atoms with Gasteiger partial charge in [-0.05, 0) is 42.7 Å². The first-order chi connectivity index (χ1) is 6.60. The molecule has 1 aromatic rings. The monoisotopic (exact) mass is 214 g/mol. The first-order valence-corrected chi connectivity index (χ1v) is 5.57. The quantitative estimate of drug-likeness (QED) is 0.577. The van der Waals surface area contributed by atoms with E-state index in [4.69, 9.17) is 10.6 Å². The molecule has 1 heterocycles. The van der Waals surface area contributed by atoms with E-state index < -0.39 is 0 Å². The van der Waals surface area contributed by atoms with Gasteiger partial charge < -0.3 is 4.74 Å². The highest BCUT2D eigenvalue weighted by molar-refractivity contribution is 7.07. The number of nitrogens with one attached hydrogen (secondary N) is 1. The molecule has 1 aromatic heterocycles. The van der Waals surface area contributed by atoms with E-state index in [2.05, 4.69) is 22.3 Å². The van der Waals surface area contributed by atoms with Gasteiger partial charge >= 0.3 is 0 Å². The molecular weight excluding hydrogens is 196 g/mol. The van der Waals surface area contributed by atoms with Crippen LogP contribution in [-0.2, 0) is 11.2 Å². The predicted molar refractivity (Wildman–Crippen MR) is 60.2 cm³/mol. The van der Waals surface area contributed by atoms with E-state index in [9.17, 15) is 0 Å². The Bertz CT molecular complexity index is 259. The van der Waals surface area contributed by atoms with Gasteiger partial charge in [-0.3, -0.25) is 11.3 Å². The number of hydrazine groups is 1. The minimum absolute atomic E-state index is 0.127. The fourth-order valence-electron chi connectivity index (χ4n) is 1.29. The van der Waals surface area contributed by atoms with Gasteiger partial charge in [0.2, 0.25) is 0 Å². The van der Waals surface area contributed by atoms with Gasteiger partial charge in [0.05, 0.1) is 11.6 Å². The Morgan fingerprint density at radius 2 is 2.36 bits per heavy atom. The third-order valence-electron chi connectivity index (χ3n) is 2.59. The minimum atomic E-state index is -0.253. The molecule has 0 amide bonds. The van der Waals surface area contributed by atoms with E-state index in [0.717, 1.165) is 6.42 Å². The second-order valence-corrected chi connectivity index (χ2v) is 4.64. The molecule has 0 fully saturated rings. The minimum Gasteiger partial charge on any atom is -0.377 e. The second-order valence-electron chi connectivity index (χ2n) is 3.86. The second kappa shape index (κ2) is 4.89. The van der Waals surface area contributed by atoms with E-state index in [0.29, 0.717) is 0 Å². The Balaban J connectivity index is 2.64. The molecule has 0 saturated carbocycles. The molecule has 0 aromatic carbocycles. The lowest BCUT2D eigenvalue weighted by molar-refractivity contribution is -0.0100. The van der Waals surface area contributed by atoms with E-state index in [1.54, 1.807) is 18.4 Å². The molecule has 0 aliphatic carbocycles. The number of hydrogen-bond acceptors (Lipinski definition) is 4. The average Bonchev–Trinajstić information content (AvgIpc) is 2.66. The molecule has 0 aliphatic rings. The summed E-state index contributed by atoms with van der Waals surface area (Å²) in [7, 11) is 1.71. The van der Waals surface area contributed by atoms with Crippen LogP contribution < -0.4 is 11.3 Å². The highest BCUT2D eigenvalue weighted by atomic mass is 32.1. The molecule has 3 N–H and O–H groups in total. The van der Waals surface area contributed by atoms with Crippen molar-refractivity contribution < 1.29 is 4.74 Å². The molecule has 3 nitrogen and oxygen atoms in total. The summed E-state index contributed by atoms with van der Waals surface area (Å²) < 4.78 is 5.40. The fraction of sp³-hybridized carbons (Fsp3) is 0.600. The van der Waals surface area contributed by atoms with Crippen molar-refractivity contribution in [2.24, 2.45) is 5.84 Å². The molecule has 0 radical (unpaired) electrons. The third-order valence-corrected chi connectivity index (χ3v) is 3.32. The molecular formula is C10H18N2OS. The lowest BCUT2D eigenvalue weighted by atomic mass is 9.94. The summed E-state index contributed by atoms with van der Waals surface area (Å²) >= 11 is 1.70. The molecule has 1 unspecified atom stereocenters. The first-order valence-electron chi connectivity index (χ1n) is 4.62. The van der Waals surface area contributed by atoms with Gasteiger partial charge in [-0.2, -0.15) is 11.3 Å². The van der Waals surface area contributed by atoms with Crippen molar-refractivity contribution in [3.8, 4) is 0 Å². The van der Waals surface area contributed by atoms with Crippen LogP contribution in [0.15, 0.2) is 16.8 Å². The number of nitrogens with two attached hydrogens (primary N) is 1. The molecule has 1 atom stereocenters. The molecule has 0 saturated heterocycles. The molecule has 1 rings (SSSR count). The molecule has 80 valence electrons. The van der Waals surface area contributed by atoms with Crippen LogP contribution >= 0.6 is 11.3 Å². The maximum Gasteiger partial charge on any atom is 0.0791 e. The zero-order valence-corrected chi connectivity index (χ0v) is 9.73. The van der Waals surface area contributed by atoms with Gasteiger partial charge in [-0.1, -0.05) is 0 Å². The summed E-state index contributed by atoms with van der Waals surface area (Å²) in [5, 5.41) is 4.21. The topological polar surface area (TPSA) is 47.3 Å². The van der Waals surface area contributed by atoms with Crippen molar-refractivity contribution in [3.63, 3.8) is 0 Å². The van der Waals surface area contributed by atoms with Gasteiger partial charge in [-0.15, -0.1) is 0 Å². The zero-order valence-electron chi connectivity index (χ0n) is 8.91. The van der Waals surface area contributed by atoms with Gasteiger partial charge in [0.1, 0.15) is 0 Å². The average molecular weight is 214 g/mol. The number of ether oxygens (including phenoxy) is 1. The van der Waals surface area contributed by atoms with Crippen molar-refractivity contribution in [2.45, 2.75) is 31.9 Å². The molecule has 4 heteroatoms. The number of methoxy groups -OCH3 is 1. The maximum atomic E-state index is 5.52. The third kappa shape index (κ3) is 2.78. The standard InChI is InChI=1S/C10H18N2OS/c1-10(2,13-3)9(12-11)6-8-4-5-14-7-8/h4-5,7,9,12H,6,11H2,1-3H3. The van der Waals surface area contributed by atoms with Crippen LogP contribution in [0.4, 0.5) is 0 Å². The van der Waals surface area contributed by atoms with Crippen LogP contribution in [0.5, 0.6) is 0 Å². The largest absolute Gasteiger partial charge is 0.377 e. The Kier molecular flexibility index (Phi) is 4.07. The van der Waals surface area contributed by atoms with E-state index in [1.165, 1.54) is 5.56 Å². The van der Waals surface area contributed by atoms with Gasteiger partial charge in [-0.25, -0.2) is 0 Å². The van der Waals surface area contributed by atoms with Crippen LogP contribution in [0, 0.1) is 0 Å². The fourth-order valence-corrected chi connectivity index (χ4v) is 1.97. The van der Waals surface area contributed by atoms with Crippen molar-refractivity contribution >= 4 is 11.3 Å². The van der Waals surface area contributed by atoms with Crippen molar-refractivity contribution in [1.29, 1.82) is 0 Å². The Labute approximate surface area is 89.2 Å². The lowest BCUT2D eigenvalue weighted by Gasteiger charge is -2.32. The maximum absolute atomic E-state index is 5.52. The summed E-state index contributed by atoms with van der Waals surface area (Å²) in [5.74, 6) is 5.52. The highest BCUT2D eigenvalue weighted by Crippen LogP contribution is 2.18. The van der Waals surface area contributed by atoms with Crippen molar-refractivity contribution in [3.05, 3.63) is 22.4 Å². The van der Waals surface area contributed by atoms with Crippen LogP contribution in [0.2, 0.25) is 0 Å². The van der Waals surface area contributed by atoms with Crippen LogP contribution in [0.1, 0.15) is 19.4 Å². The van der Waals surface area contributed by atoms with Gasteiger partial charge in [0, 0.05) is 7.11 Å². The first kappa shape index (κ1) is 11.7. The summed E-state index contributed by atoms with van der Waals surface area (Å²) in [5.41, 5.74) is 3.85. The molecule has 0 bridgehead atoms. The number of thiophene rings is 1. The molecule has 0 spiro atoms. The SMILES string of the molecule is COC(C)(C)C(Cc1ccsc1)NN. The van der Waals surface area contributed by atoms with E-state index >= 15 is 0 Å².